The summed E-state index contributed by atoms with van der Waals surface area (Å²) in [5.41, 5.74) is 0.151. The molecule has 0 radical (unpaired) electrons. The summed E-state index contributed by atoms with van der Waals surface area (Å²) in [7, 11) is 0. The average Bonchev–Trinajstić information content (AvgIpc) is 2.14. The van der Waals surface area contributed by atoms with Crippen molar-refractivity contribution in [2.45, 2.75) is 13.8 Å². The number of halogens is 3. The van der Waals surface area contributed by atoms with Gasteiger partial charge in [-0.2, -0.15) is 0 Å². The molecule has 0 N–H and O–H groups in total. The summed E-state index contributed by atoms with van der Waals surface area (Å²) in [5, 5.41) is -0.322. The van der Waals surface area contributed by atoms with Crippen LogP contribution in [-0.2, 0) is 0 Å². The second-order valence-corrected chi connectivity index (χ2v) is 3.45. The van der Waals surface area contributed by atoms with Crippen LogP contribution in [-0.4, -0.2) is 0 Å². The van der Waals surface area contributed by atoms with E-state index in [0.717, 1.165) is 0 Å². The number of benzene rings is 1. The van der Waals surface area contributed by atoms with E-state index in [1.807, 2.05) is 0 Å². The van der Waals surface area contributed by atoms with Crippen molar-refractivity contribution in [3.63, 3.8) is 0 Å². The van der Waals surface area contributed by atoms with Crippen molar-refractivity contribution in [2.24, 2.45) is 0 Å². The van der Waals surface area contributed by atoms with Crippen LogP contribution in [0.4, 0.5) is 13.2 Å². The van der Waals surface area contributed by atoms with Crippen LogP contribution in [0, 0.1) is 18.6 Å². The molecule has 0 saturated heterocycles. The first kappa shape index (κ1) is 11.6. The molecule has 0 heterocycles. The zero-order chi connectivity index (χ0) is 11.7. The van der Waals surface area contributed by atoms with Crippen LogP contribution in [0.15, 0.2) is 18.2 Å². The van der Waals surface area contributed by atoms with Crippen molar-refractivity contribution in [3.05, 3.63) is 45.9 Å². The molecule has 0 bridgehead atoms. The first-order valence-corrected chi connectivity index (χ1v) is 4.35. The number of rotatable bonds is 1. The van der Waals surface area contributed by atoms with Crippen molar-refractivity contribution in [1.82, 2.24) is 0 Å². The fourth-order valence-corrected chi connectivity index (χ4v) is 1.27. The van der Waals surface area contributed by atoms with Gasteiger partial charge in [0.25, 0.3) is 0 Å². The van der Waals surface area contributed by atoms with Crippen LogP contribution < -0.4 is 10.4 Å². The highest BCUT2D eigenvalue weighted by molar-refractivity contribution is 5.55. The van der Waals surface area contributed by atoms with Gasteiger partial charge in [-0.1, -0.05) is 13.2 Å². The normalized spacial score (nSPS) is 12.6. The Morgan fingerprint density at radius 1 is 1.27 bits per heavy atom. The molecule has 0 nitrogen and oxygen atoms in total. The second-order valence-electron chi connectivity index (χ2n) is 3.45. The van der Waals surface area contributed by atoms with E-state index in [-0.39, 0.29) is 16.4 Å². The smallest absolute Gasteiger partial charge is 0.169 e. The summed E-state index contributed by atoms with van der Waals surface area (Å²) >= 11 is 0. The molecule has 1 aromatic rings. The maximum Gasteiger partial charge on any atom is 0.169 e. The highest BCUT2D eigenvalue weighted by atomic mass is 19.2. The lowest BCUT2D eigenvalue weighted by molar-refractivity contribution is 0.493. The standard InChI is InChI=1S/C12H11F3/c1-6(2)10(13)9-7(3)5-8(4)11(14)12(9)15/h5H,1,3H2,2,4H3/b10-9-. The molecule has 0 unspecified atom stereocenters. The van der Waals surface area contributed by atoms with Gasteiger partial charge in [0.1, 0.15) is 5.83 Å². The van der Waals surface area contributed by atoms with E-state index >= 15 is 0 Å². The monoisotopic (exact) mass is 212 g/mol. The minimum absolute atomic E-state index is 0.0436. The largest absolute Gasteiger partial charge is 0.206 e. The van der Waals surface area contributed by atoms with E-state index in [1.54, 1.807) is 0 Å². The zero-order valence-corrected chi connectivity index (χ0v) is 8.63. The zero-order valence-electron chi connectivity index (χ0n) is 8.63. The van der Waals surface area contributed by atoms with E-state index in [4.69, 9.17) is 0 Å². The molecule has 0 saturated carbocycles. The van der Waals surface area contributed by atoms with Crippen molar-refractivity contribution in [1.29, 1.82) is 0 Å². The molecule has 3 heteroatoms. The highest BCUT2D eigenvalue weighted by Gasteiger charge is 2.11. The van der Waals surface area contributed by atoms with Crippen molar-refractivity contribution in [2.75, 3.05) is 0 Å². The molecular formula is C12H11F3. The van der Waals surface area contributed by atoms with Crippen LogP contribution in [0.5, 0.6) is 0 Å². The maximum atomic E-state index is 13.5. The van der Waals surface area contributed by atoms with Gasteiger partial charge in [-0.25, -0.2) is 13.2 Å². The molecule has 0 aliphatic carbocycles. The van der Waals surface area contributed by atoms with Gasteiger partial charge in [-0.15, -0.1) is 0 Å². The Morgan fingerprint density at radius 3 is 2.27 bits per heavy atom. The fraction of sp³-hybridized carbons (Fsp3) is 0.167. The minimum Gasteiger partial charge on any atom is -0.206 e. The molecule has 80 valence electrons. The lowest BCUT2D eigenvalue weighted by atomic mass is 10.1. The van der Waals surface area contributed by atoms with Crippen molar-refractivity contribution < 1.29 is 13.2 Å². The van der Waals surface area contributed by atoms with Crippen molar-refractivity contribution in [3.8, 4) is 0 Å². The molecule has 0 amide bonds. The van der Waals surface area contributed by atoms with E-state index in [0.29, 0.717) is 0 Å². The highest BCUT2D eigenvalue weighted by Crippen LogP contribution is 2.09. The SMILES string of the molecule is C=C(C)/C(F)=c1/c(F)c(F)c(C)cc1=C. The van der Waals surface area contributed by atoms with Crippen LogP contribution in [0.3, 0.4) is 0 Å². The summed E-state index contributed by atoms with van der Waals surface area (Å²) in [6.07, 6.45) is 0. The lowest BCUT2D eigenvalue weighted by Gasteiger charge is -2.02. The van der Waals surface area contributed by atoms with E-state index in [2.05, 4.69) is 13.2 Å². The second kappa shape index (κ2) is 3.93. The molecule has 1 rings (SSSR count). The third-order valence-electron chi connectivity index (χ3n) is 2.06. The molecule has 0 spiro atoms. The molecule has 0 aromatic heterocycles. The Balaban J connectivity index is 3.88. The third kappa shape index (κ3) is 1.96. The molecule has 0 fully saturated rings. The Hall–Kier alpha value is -1.51. The Kier molecular flexibility index (Phi) is 3.03. The topological polar surface area (TPSA) is 0 Å². The number of aryl methyl sites for hydroxylation is 1. The maximum absolute atomic E-state index is 13.5. The average molecular weight is 212 g/mol. The molecular weight excluding hydrogens is 201 g/mol. The number of allylic oxidation sites excluding steroid dienone is 1. The third-order valence-corrected chi connectivity index (χ3v) is 2.06. The Labute approximate surface area is 86.0 Å². The molecule has 15 heavy (non-hydrogen) atoms. The van der Waals surface area contributed by atoms with Crippen LogP contribution in [0.25, 0.3) is 12.4 Å². The van der Waals surface area contributed by atoms with Gasteiger partial charge in [-0.05, 0) is 36.3 Å². The summed E-state index contributed by atoms with van der Waals surface area (Å²) < 4.78 is 40.1. The van der Waals surface area contributed by atoms with Gasteiger partial charge in [-0.3, -0.25) is 0 Å². The van der Waals surface area contributed by atoms with Crippen LogP contribution >= 0.6 is 0 Å². The first-order chi connectivity index (χ1) is 6.86. The van der Waals surface area contributed by atoms with E-state index < -0.39 is 22.7 Å². The van der Waals surface area contributed by atoms with E-state index in [9.17, 15) is 13.2 Å². The predicted octanol–water partition coefficient (Wildman–Crippen LogP) is 2.34. The van der Waals surface area contributed by atoms with Crippen LogP contribution in [0.2, 0.25) is 0 Å². The van der Waals surface area contributed by atoms with Crippen LogP contribution in [0.1, 0.15) is 12.5 Å². The summed E-state index contributed by atoms with van der Waals surface area (Å²) in [5.74, 6) is -3.12. The summed E-state index contributed by atoms with van der Waals surface area (Å²) in [6, 6.07) is 1.30. The summed E-state index contributed by atoms with van der Waals surface area (Å²) in [4.78, 5) is 0. The van der Waals surface area contributed by atoms with Gasteiger partial charge in [0, 0.05) is 0 Å². The molecule has 0 aliphatic rings. The predicted molar refractivity (Wildman–Crippen MR) is 55.2 cm³/mol. The van der Waals surface area contributed by atoms with E-state index in [1.165, 1.54) is 19.9 Å². The van der Waals surface area contributed by atoms with Gasteiger partial charge in [0.05, 0.1) is 5.22 Å². The molecule has 0 atom stereocenters. The number of hydrogen-bond acceptors (Lipinski definition) is 0. The van der Waals surface area contributed by atoms with Gasteiger partial charge >= 0.3 is 0 Å². The lowest BCUT2D eigenvalue weighted by Crippen LogP contribution is -2.31. The number of hydrogen-bond donors (Lipinski definition) is 0. The molecule has 1 aromatic carbocycles. The fourth-order valence-electron chi connectivity index (χ4n) is 1.27. The Bertz CT molecular complexity index is 527. The quantitative estimate of drug-likeness (QED) is 0.670. The van der Waals surface area contributed by atoms with Gasteiger partial charge in [0.15, 0.2) is 11.6 Å². The first-order valence-electron chi connectivity index (χ1n) is 4.35. The molecule has 0 aliphatic heterocycles. The van der Waals surface area contributed by atoms with Gasteiger partial charge < -0.3 is 0 Å². The minimum atomic E-state index is -1.21. The van der Waals surface area contributed by atoms with Crippen molar-refractivity contribution >= 4 is 12.4 Å². The van der Waals surface area contributed by atoms with Gasteiger partial charge in [0.2, 0.25) is 0 Å². The Morgan fingerprint density at radius 2 is 1.80 bits per heavy atom. The summed E-state index contributed by atoms with van der Waals surface area (Å²) in [6.45, 7) is 9.59.